The molecule has 1 atom stereocenters. The summed E-state index contributed by atoms with van der Waals surface area (Å²) < 4.78 is 2.22. The van der Waals surface area contributed by atoms with Crippen LogP contribution in [0.3, 0.4) is 0 Å². The number of nitrogens with two attached hydrogens (primary N) is 1. The monoisotopic (exact) mass is 297 g/mol. The molecule has 2 rings (SSSR count). The average Bonchev–Trinajstić information content (AvgIpc) is 2.67. The van der Waals surface area contributed by atoms with Crippen molar-refractivity contribution in [1.82, 2.24) is 20.1 Å². The van der Waals surface area contributed by atoms with Gasteiger partial charge >= 0.3 is 0 Å². The second-order valence-corrected chi connectivity index (χ2v) is 6.47. The molecule has 0 spiro atoms. The lowest BCUT2D eigenvalue weighted by Gasteiger charge is -2.24. The molecule has 1 aliphatic heterocycles. The standard InChI is InChI=1S/C13H23N5OS/c1-13(15-2,11(14)19)7-9-20-12-17-16-10-6-4-3-5-8-18(10)12/h15H,3-9H2,1-2H3,(H2,14,19). The Labute approximate surface area is 123 Å². The highest BCUT2D eigenvalue weighted by Crippen LogP contribution is 2.24. The van der Waals surface area contributed by atoms with Gasteiger partial charge in [-0.15, -0.1) is 10.2 Å². The first-order valence-electron chi connectivity index (χ1n) is 7.10. The highest BCUT2D eigenvalue weighted by atomic mass is 32.2. The van der Waals surface area contributed by atoms with E-state index in [4.69, 9.17) is 5.73 Å². The fraction of sp³-hybridized carbons (Fsp3) is 0.769. The number of aryl methyl sites for hydroxylation is 1. The van der Waals surface area contributed by atoms with Crippen LogP contribution in [-0.4, -0.2) is 39.0 Å². The van der Waals surface area contributed by atoms with E-state index in [2.05, 4.69) is 20.1 Å². The molecule has 112 valence electrons. The predicted molar refractivity (Wildman–Crippen MR) is 79.6 cm³/mol. The normalized spacial score (nSPS) is 18.1. The summed E-state index contributed by atoms with van der Waals surface area (Å²) in [5.41, 5.74) is 4.77. The van der Waals surface area contributed by atoms with E-state index < -0.39 is 5.54 Å². The second kappa shape index (κ2) is 6.58. The quantitative estimate of drug-likeness (QED) is 0.764. The molecule has 0 aromatic carbocycles. The highest BCUT2D eigenvalue weighted by molar-refractivity contribution is 7.99. The van der Waals surface area contributed by atoms with Crippen LogP contribution in [0.2, 0.25) is 0 Å². The number of thioether (sulfide) groups is 1. The van der Waals surface area contributed by atoms with Crippen LogP contribution in [0.25, 0.3) is 0 Å². The minimum Gasteiger partial charge on any atom is -0.368 e. The van der Waals surface area contributed by atoms with Crippen LogP contribution in [0.1, 0.15) is 38.4 Å². The highest BCUT2D eigenvalue weighted by Gasteiger charge is 2.28. The van der Waals surface area contributed by atoms with Crippen LogP contribution in [0.4, 0.5) is 0 Å². The molecular formula is C13H23N5OS. The Morgan fingerprint density at radius 2 is 2.25 bits per heavy atom. The molecule has 0 saturated carbocycles. The van der Waals surface area contributed by atoms with Gasteiger partial charge in [-0.2, -0.15) is 0 Å². The largest absolute Gasteiger partial charge is 0.368 e. The molecule has 0 radical (unpaired) electrons. The molecule has 0 fully saturated rings. The van der Waals surface area contributed by atoms with Crippen LogP contribution in [0.5, 0.6) is 0 Å². The summed E-state index contributed by atoms with van der Waals surface area (Å²) in [6, 6.07) is 0. The van der Waals surface area contributed by atoms with Crippen molar-refractivity contribution in [3.63, 3.8) is 0 Å². The van der Waals surface area contributed by atoms with Crippen molar-refractivity contribution in [3.05, 3.63) is 5.82 Å². The minimum absolute atomic E-state index is 0.319. The molecule has 1 aliphatic rings. The average molecular weight is 297 g/mol. The van der Waals surface area contributed by atoms with E-state index in [0.717, 1.165) is 29.7 Å². The number of likely N-dealkylation sites (N-methyl/N-ethyl adjacent to an activating group) is 1. The van der Waals surface area contributed by atoms with Gasteiger partial charge in [0.1, 0.15) is 5.82 Å². The van der Waals surface area contributed by atoms with Gasteiger partial charge < -0.3 is 15.6 Å². The topological polar surface area (TPSA) is 85.8 Å². The van der Waals surface area contributed by atoms with Crippen LogP contribution >= 0.6 is 11.8 Å². The van der Waals surface area contributed by atoms with Gasteiger partial charge in [0.05, 0.1) is 5.54 Å². The predicted octanol–water partition coefficient (Wildman–Crippen LogP) is 0.950. The molecular weight excluding hydrogens is 274 g/mol. The minimum atomic E-state index is -0.658. The van der Waals surface area contributed by atoms with Crippen molar-refractivity contribution in [1.29, 1.82) is 0 Å². The third kappa shape index (κ3) is 3.32. The molecule has 1 aromatic rings. The summed E-state index contributed by atoms with van der Waals surface area (Å²) in [5, 5.41) is 12.5. The molecule has 20 heavy (non-hydrogen) atoms. The summed E-state index contributed by atoms with van der Waals surface area (Å²) in [6.07, 6.45) is 5.33. The fourth-order valence-electron chi connectivity index (χ4n) is 2.28. The molecule has 1 aromatic heterocycles. The smallest absolute Gasteiger partial charge is 0.237 e. The van der Waals surface area contributed by atoms with Crippen molar-refractivity contribution in [2.75, 3.05) is 12.8 Å². The number of rotatable bonds is 6. The van der Waals surface area contributed by atoms with Gasteiger partial charge in [0.15, 0.2) is 5.16 Å². The van der Waals surface area contributed by atoms with Gasteiger partial charge in [-0.1, -0.05) is 18.2 Å². The van der Waals surface area contributed by atoms with Gasteiger partial charge in [-0.25, -0.2) is 0 Å². The summed E-state index contributed by atoms with van der Waals surface area (Å²) >= 11 is 1.65. The molecule has 0 bridgehead atoms. The van der Waals surface area contributed by atoms with Crippen molar-refractivity contribution in [3.8, 4) is 0 Å². The van der Waals surface area contributed by atoms with E-state index in [1.165, 1.54) is 19.3 Å². The first-order valence-corrected chi connectivity index (χ1v) is 8.09. The number of fused-ring (bicyclic) bond motifs is 1. The van der Waals surface area contributed by atoms with Gasteiger partial charge in [0.2, 0.25) is 5.91 Å². The third-order valence-electron chi connectivity index (χ3n) is 4.00. The van der Waals surface area contributed by atoms with Crippen LogP contribution in [0.15, 0.2) is 5.16 Å². The maximum absolute atomic E-state index is 11.4. The van der Waals surface area contributed by atoms with Crippen molar-refractivity contribution < 1.29 is 4.79 Å². The van der Waals surface area contributed by atoms with Gasteiger partial charge in [-0.3, -0.25) is 4.79 Å². The Kier molecular flexibility index (Phi) is 5.04. The van der Waals surface area contributed by atoms with Gasteiger partial charge in [-0.05, 0) is 33.2 Å². The number of carbonyl (C=O) groups is 1. The SMILES string of the molecule is CNC(C)(CCSc1nnc2n1CCCCC2)C(N)=O. The number of carbonyl (C=O) groups excluding carboxylic acids is 1. The lowest BCUT2D eigenvalue weighted by molar-refractivity contribution is -0.123. The van der Waals surface area contributed by atoms with Crippen molar-refractivity contribution >= 4 is 17.7 Å². The third-order valence-corrected chi connectivity index (χ3v) is 4.97. The van der Waals surface area contributed by atoms with E-state index >= 15 is 0 Å². The van der Waals surface area contributed by atoms with Crippen LogP contribution < -0.4 is 11.1 Å². The maximum atomic E-state index is 11.4. The lowest BCUT2D eigenvalue weighted by atomic mass is 9.99. The number of nitrogens with one attached hydrogen (secondary N) is 1. The number of amides is 1. The zero-order chi connectivity index (χ0) is 14.6. The van der Waals surface area contributed by atoms with E-state index in [1.54, 1.807) is 18.8 Å². The summed E-state index contributed by atoms with van der Waals surface area (Å²) in [4.78, 5) is 11.4. The zero-order valence-electron chi connectivity index (χ0n) is 12.2. The molecule has 3 N–H and O–H groups in total. The van der Waals surface area contributed by atoms with E-state index in [0.29, 0.717) is 6.42 Å². The van der Waals surface area contributed by atoms with Crippen LogP contribution in [0, 0.1) is 0 Å². The maximum Gasteiger partial charge on any atom is 0.237 e. The fourth-order valence-corrected chi connectivity index (χ4v) is 3.43. The van der Waals surface area contributed by atoms with E-state index in [9.17, 15) is 4.79 Å². The molecule has 2 heterocycles. The first kappa shape index (κ1) is 15.3. The number of nitrogens with zero attached hydrogens (tertiary/aromatic N) is 3. The number of aromatic nitrogens is 3. The molecule has 7 heteroatoms. The second-order valence-electron chi connectivity index (χ2n) is 5.41. The lowest BCUT2D eigenvalue weighted by Crippen LogP contribution is -2.51. The summed E-state index contributed by atoms with van der Waals surface area (Å²) in [6.45, 7) is 2.84. The van der Waals surface area contributed by atoms with Crippen LogP contribution in [-0.2, 0) is 17.8 Å². The Morgan fingerprint density at radius 1 is 1.45 bits per heavy atom. The number of primary amides is 1. The molecule has 0 saturated heterocycles. The van der Waals surface area contributed by atoms with Crippen molar-refractivity contribution in [2.45, 2.75) is 56.3 Å². The molecule has 1 unspecified atom stereocenters. The Hall–Kier alpha value is -1.08. The Bertz CT molecular complexity index is 475. The number of hydrogen-bond donors (Lipinski definition) is 2. The van der Waals surface area contributed by atoms with Crippen molar-refractivity contribution in [2.24, 2.45) is 5.73 Å². The first-order chi connectivity index (χ1) is 9.57. The Balaban J connectivity index is 1.95. The van der Waals surface area contributed by atoms with E-state index in [1.807, 2.05) is 6.92 Å². The summed E-state index contributed by atoms with van der Waals surface area (Å²) in [7, 11) is 1.76. The zero-order valence-corrected chi connectivity index (χ0v) is 13.0. The molecule has 6 nitrogen and oxygen atoms in total. The molecule has 1 amide bonds. The van der Waals surface area contributed by atoms with Gasteiger partial charge in [0.25, 0.3) is 0 Å². The summed E-state index contributed by atoms with van der Waals surface area (Å²) in [5.74, 6) is 1.57. The number of hydrogen-bond acceptors (Lipinski definition) is 5. The molecule has 0 aliphatic carbocycles. The Morgan fingerprint density at radius 3 is 2.95 bits per heavy atom. The van der Waals surface area contributed by atoms with Gasteiger partial charge in [0, 0.05) is 18.7 Å². The van der Waals surface area contributed by atoms with E-state index in [-0.39, 0.29) is 5.91 Å².